The highest BCUT2D eigenvalue weighted by atomic mass is 15.0. The Balaban J connectivity index is 3.43. The summed E-state index contributed by atoms with van der Waals surface area (Å²) in [5.74, 6) is 0. The molecule has 2 heteroatoms. The lowest BCUT2D eigenvalue weighted by Crippen LogP contribution is -2.17. The Kier molecular flexibility index (Phi) is 2.48. The number of aryl methyl sites for hydroxylation is 1. The molecule has 0 aliphatic carbocycles. The summed E-state index contributed by atoms with van der Waals surface area (Å²) < 4.78 is 1.98. The van der Waals surface area contributed by atoms with Crippen LogP contribution in [0.2, 0.25) is 0 Å². The Morgan fingerprint density at radius 2 is 2.17 bits per heavy atom. The highest BCUT2D eigenvalue weighted by Crippen LogP contribution is 1.98. The summed E-state index contributed by atoms with van der Waals surface area (Å²) in [5.41, 5.74) is 3.14. The first-order valence-corrected chi connectivity index (χ1v) is 3.93. The standard InChI is InChI=1S/C10H14N2/c1-8(2)12-7-9(3)5-6-10(12)11-4/h5-7H,1H2,2-4H3. The van der Waals surface area contributed by atoms with Gasteiger partial charge in [-0.15, -0.1) is 0 Å². The fourth-order valence-electron chi connectivity index (χ4n) is 1.09. The van der Waals surface area contributed by atoms with Gasteiger partial charge in [0.15, 0.2) is 0 Å². The molecule has 0 spiro atoms. The average molecular weight is 162 g/mol. The molecule has 12 heavy (non-hydrogen) atoms. The first-order chi connectivity index (χ1) is 5.65. The molecule has 0 atom stereocenters. The van der Waals surface area contributed by atoms with Crippen LogP contribution in [-0.4, -0.2) is 11.6 Å². The molecule has 2 nitrogen and oxygen atoms in total. The van der Waals surface area contributed by atoms with E-state index in [1.54, 1.807) is 7.05 Å². The van der Waals surface area contributed by atoms with Crippen LogP contribution < -0.4 is 5.49 Å². The fourth-order valence-corrected chi connectivity index (χ4v) is 1.09. The van der Waals surface area contributed by atoms with Gasteiger partial charge in [0.2, 0.25) is 0 Å². The summed E-state index contributed by atoms with van der Waals surface area (Å²) in [5, 5.41) is 0. The molecule has 0 bridgehead atoms. The summed E-state index contributed by atoms with van der Waals surface area (Å²) in [6, 6.07) is 4.03. The van der Waals surface area contributed by atoms with E-state index in [1.807, 2.05) is 29.8 Å². The van der Waals surface area contributed by atoms with Crippen molar-refractivity contribution in [1.29, 1.82) is 0 Å². The minimum Gasteiger partial charge on any atom is -0.307 e. The Labute approximate surface area is 72.9 Å². The van der Waals surface area contributed by atoms with E-state index in [0.29, 0.717) is 0 Å². The molecule has 1 heterocycles. The van der Waals surface area contributed by atoms with Gasteiger partial charge in [0.25, 0.3) is 0 Å². The predicted molar refractivity (Wildman–Crippen MR) is 51.7 cm³/mol. The van der Waals surface area contributed by atoms with E-state index in [9.17, 15) is 0 Å². The van der Waals surface area contributed by atoms with Gasteiger partial charge < -0.3 is 4.57 Å². The zero-order valence-electron chi connectivity index (χ0n) is 7.83. The van der Waals surface area contributed by atoms with Crippen LogP contribution in [0.25, 0.3) is 5.70 Å². The Morgan fingerprint density at radius 1 is 1.50 bits per heavy atom. The van der Waals surface area contributed by atoms with Crippen LogP contribution in [0.5, 0.6) is 0 Å². The molecule has 1 aromatic rings. The van der Waals surface area contributed by atoms with Gasteiger partial charge >= 0.3 is 0 Å². The second kappa shape index (κ2) is 3.39. The van der Waals surface area contributed by atoms with Crippen molar-refractivity contribution in [3.05, 3.63) is 36.0 Å². The van der Waals surface area contributed by atoms with E-state index in [-0.39, 0.29) is 0 Å². The number of pyridine rings is 1. The third-order valence-electron chi connectivity index (χ3n) is 1.72. The van der Waals surface area contributed by atoms with Crippen LogP contribution in [0.4, 0.5) is 0 Å². The number of hydrogen-bond acceptors (Lipinski definition) is 1. The first kappa shape index (κ1) is 8.78. The molecule has 0 aliphatic heterocycles. The fraction of sp³-hybridized carbons (Fsp3) is 0.300. The SMILES string of the molecule is C=C(C)n1cc(C)ccc1=NC. The second-order valence-corrected chi connectivity index (χ2v) is 2.89. The molecule has 0 saturated carbocycles. The van der Waals surface area contributed by atoms with Crippen molar-refractivity contribution >= 4 is 5.70 Å². The number of rotatable bonds is 1. The van der Waals surface area contributed by atoms with Crippen molar-refractivity contribution in [2.75, 3.05) is 7.05 Å². The third kappa shape index (κ3) is 1.64. The van der Waals surface area contributed by atoms with Gasteiger partial charge in [-0.05, 0) is 25.5 Å². The zero-order chi connectivity index (χ0) is 9.14. The normalized spacial score (nSPS) is 11.8. The van der Waals surface area contributed by atoms with Gasteiger partial charge in [-0.3, -0.25) is 4.99 Å². The van der Waals surface area contributed by atoms with E-state index in [1.165, 1.54) is 5.56 Å². The van der Waals surface area contributed by atoms with E-state index in [0.717, 1.165) is 11.2 Å². The molecular formula is C10H14N2. The van der Waals surface area contributed by atoms with Crippen LogP contribution >= 0.6 is 0 Å². The monoisotopic (exact) mass is 162 g/mol. The molecule has 1 rings (SSSR count). The largest absolute Gasteiger partial charge is 0.307 e. The lowest BCUT2D eigenvalue weighted by Gasteiger charge is -2.06. The quantitative estimate of drug-likeness (QED) is 0.599. The van der Waals surface area contributed by atoms with E-state index in [2.05, 4.69) is 18.5 Å². The van der Waals surface area contributed by atoms with Gasteiger partial charge in [-0.25, -0.2) is 0 Å². The molecule has 0 unspecified atom stereocenters. The van der Waals surface area contributed by atoms with Crippen LogP contribution in [0.3, 0.4) is 0 Å². The molecule has 0 N–H and O–H groups in total. The topological polar surface area (TPSA) is 17.3 Å². The molecular weight excluding hydrogens is 148 g/mol. The first-order valence-electron chi connectivity index (χ1n) is 3.93. The molecule has 0 saturated heterocycles. The summed E-state index contributed by atoms with van der Waals surface area (Å²) in [6.45, 7) is 7.90. The predicted octanol–water partition coefficient (Wildman–Crippen LogP) is 1.82. The van der Waals surface area contributed by atoms with Crippen LogP contribution in [-0.2, 0) is 0 Å². The molecule has 0 radical (unpaired) electrons. The maximum atomic E-state index is 4.14. The molecule has 0 fully saturated rings. The lowest BCUT2D eigenvalue weighted by atomic mass is 10.3. The van der Waals surface area contributed by atoms with Crippen molar-refractivity contribution in [3.8, 4) is 0 Å². The van der Waals surface area contributed by atoms with Gasteiger partial charge in [0.05, 0.1) is 0 Å². The molecule has 0 amide bonds. The second-order valence-electron chi connectivity index (χ2n) is 2.89. The van der Waals surface area contributed by atoms with Crippen molar-refractivity contribution in [1.82, 2.24) is 4.57 Å². The highest BCUT2D eigenvalue weighted by Gasteiger charge is 1.92. The summed E-state index contributed by atoms with van der Waals surface area (Å²) in [7, 11) is 1.78. The van der Waals surface area contributed by atoms with Crippen LogP contribution in [0, 0.1) is 6.92 Å². The van der Waals surface area contributed by atoms with E-state index < -0.39 is 0 Å². The van der Waals surface area contributed by atoms with Crippen molar-refractivity contribution in [2.45, 2.75) is 13.8 Å². The summed E-state index contributed by atoms with van der Waals surface area (Å²) in [6.07, 6.45) is 2.03. The number of hydrogen-bond donors (Lipinski definition) is 0. The van der Waals surface area contributed by atoms with Gasteiger partial charge in [0.1, 0.15) is 5.49 Å². The van der Waals surface area contributed by atoms with Gasteiger partial charge in [0, 0.05) is 18.9 Å². The maximum absolute atomic E-state index is 4.14. The lowest BCUT2D eigenvalue weighted by molar-refractivity contribution is 0.944. The third-order valence-corrected chi connectivity index (χ3v) is 1.72. The zero-order valence-corrected chi connectivity index (χ0v) is 7.83. The Morgan fingerprint density at radius 3 is 2.67 bits per heavy atom. The minimum atomic E-state index is 0.938. The smallest absolute Gasteiger partial charge is 0.131 e. The number of aromatic nitrogens is 1. The van der Waals surface area contributed by atoms with Crippen molar-refractivity contribution in [2.24, 2.45) is 4.99 Å². The summed E-state index contributed by atoms with van der Waals surface area (Å²) >= 11 is 0. The Hall–Kier alpha value is -1.31. The van der Waals surface area contributed by atoms with E-state index in [4.69, 9.17) is 0 Å². The minimum absolute atomic E-state index is 0.938. The Bertz CT molecular complexity index is 358. The van der Waals surface area contributed by atoms with Gasteiger partial charge in [-0.2, -0.15) is 0 Å². The van der Waals surface area contributed by atoms with Crippen molar-refractivity contribution < 1.29 is 0 Å². The molecule has 0 aliphatic rings. The van der Waals surface area contributed by atoms with Crippen LogP contribution in [0.1, 0.15) is 12.5 Å². The van der Waals surface area contributed by atoms with E-state index >= 15 is 0 Å². The summed E-state index contributed by atoms with van der Waals surface area (Å²) in [4.78, 5) is 4.14. The molecule has 0 aromatic carbocycles. The average Bonchev–Trinajstić information content (AvgIpc) is 2.04. The molecule has 64 valence electrons. The maximum Gasteiger partial charge on any atom is 0.131 e. The highest BCUT2D eigenvalue weighted by molar-refractivity contribution is 5.38. The number of allylic oxidation sites excluding steroid dienone is 1. The van der Waals surface area contributed by atoms with Gasteiger partial charge in [-0.1, -0.05) is 12.6 Å². The molecule has 1 aromatic heterocycles. The van der Waals surface area contributed by atoms with Crippen molar-refractivity contribution in [3.63, 3.8) is 0 Å². The van der Waals surface area contributed by atoms with Crippen LogP contribution in [0.15, 0.2) is 29.9 Å². The number of nitrogens with zero attached hydrogens (tertiary/aromatic N) is 2.